The Kier molecular flexibility index (Phi) is 11.5. The summed E-state index contributed by atoms with van der Waals surface area (Å²) < 4.78 is 17.7. The van der Waals surface area contributed by atoms with Gasteiger partial charge in [-0.15, -0.1) is 0 Å². The van der Waals surface area contributed by atoms with Crippen LogP contribution in [0.5, 0.6) is 0 Å². The van der Waals surface area contributed by atoms with Crippen molar-refractivity contribution in [3.05, 3.63) is 0 Å². The second-order valence-electron chi connectivity index (χ2n) is 13.3. The Labute approximate surface area is 200 Å². The van der Waals surface area contributed by atoms with Crippen molar-refractivity contribution in [2.75, 3.05) is 13.2 Å². The quantitative estimate of drug-likeness (QED) is 0.180. The van der Waals surface area contributed by atoms with E-state index in [9.17, 15) is 5.11 Å². The molecule has 0 aromatic heterocycles. The van der Waals surface area contributed by atoms with Crippen molar-refractivity contribution < 1.29 is 33.5 Å². The van der Waals surface area contributed by atoms with Crippen LogP contribution in [-0.4, -0.2) is 55.5 Å². The van der Waals surface area contributed by atoms with Gasteiger partial charge in [0.2, 0.25) is 25.0 Å². The van der Waals surface area contributed by atoms with E-state index in [1.807, 2.05) is 0 Å². The average molecular weight is 513 g/mol. The first-order valence-corrected chi connectivity index (χ1v) is 20.3. The molecule has 0 unspecified atom stereocenters. The van der Waals surface area contributed by atoms with E-state index < -0.39 is 37.2 Å². The first kappa shape index (κ1) is 32.4. The predicted molar refractivity (Wildman–Crippen MR) is 138 cm³/mol. The highest BCUT2D eigenvalue weighted by Crippen LogP contribution is 2.39. The van der Waals surface area contributed by atoms with Crippen molar-refractivity contribution in [3.8, 4) is 0 Å². The highest BCUT2D eigenvalue weighted by molar-refractivity contribution is 6.74. The molecule has 0 amide bonds. The molecule has 0 bridgehead atoms. The molecule has 0 aromatic carbocycles. The lowest BCUT2D eigenvalue weighted by atomic mass is 10.2. The zero-order valence-electron chi connectivity index (χ0n) is 23.5. The van der Waals surface area contributed by atoms with Crippen LogP contribution in [0.25, 0.3) is 0 Å². The normalized spacial score (nSPS) is 16.9. The van der Waals surface area contributed by atoms with Crippen molar-refractivity contribution in [3.63, 3.8) is 0 Å². The third kappa shape index (κ3) is 9.55. The summed E-state index contributed by atoms with van der Waals surface area (Å²) in [6.45, 7) is 31.5. The third-order valence-corrected chi connectivity index (χ3v) is 19.7. The molecule has 0 saturated heterocycles. The molecular weight excluding hydrogens is 460 g/mol. The highest BCUT2D eigenvalue weighted by Gasteiger charge is 2.43. The average Bonchev–Trinajstić information content (AvgIpc) is 2.56. The van der Waals surface area contributed by atoms with Crippen LogP contribution in [0.4, 0.5) is 0 Å². The van der Waals surface area contributed by atoms with Crippen LogP contribution in [0.2, 0.25) is 54.4 Å². The summed E-state index contributed by atoms with van der Waals surface area (Å²) >= 11 is 0. The van der Waals surface area contributed by atoms with E-state index in [4.69, 9.17) is 28.4 Å². The molecule has 0 aliphatic heterocycles. The van der Waals surface area contributed by atoms with E-state index in [0.29, 0.717) is 0 Å². The maximum atomic E-state index is 10.1. The van der Waals surface area contributed by atoms with Gasteiger partial charge in [-0.3, -0.25) is 13.7 Å². The maximum Gasteiger partial charge on any atom is 0.238 e. The van der Waals surface area contributed by atoms with E-state index in [2.05, 4.69) is 102 Å². The fourth-order valence-electron chi connectivity index (χ4n) is 1.39. The van der Waals surface area contributed by atoms with Crippen LogP contribution in [-0.2, 0) is 28.4 Å². The molecule has 0 heterocycles. The van der Waals surface area contributed by atoms with Gasteiger partial charge in [0.1, 0.15) is 18.8 Å². The van der Waals surface area contributed by atoms with Gasteiger partial charge in [0.25, 0.3) is 0 Å². The Morgan fingerprint density at radius 1 is 0.562 bits per heavy atom. The number of aliphatic hydroxyl groups is 1. The van der Waals surface area contributed by atoms with E-state index >= 15 is 0 Å². The second-order valence-corrected chi connectivity index (χ2v) is 27.3. The smallest absolute Gasteiger partial charge is 0.238 e. The van der Waals surface area contributed by atoms with Gasteiger partial charge in [-0.25, -0.2) is 14.7 Å². The summed E-state index contributed by atoms with van der Waals surface area (Å²) in [5, 5.41) is 9.99. The molecule has 1 N–H and O–H groups in total. The summed E-state index contributed by atoms with van der Waals surface area (Å²) in [4.78, 5) is 17.3. The molecule has 0 aliphatic carbocycles. The van der Waals surface area contributed by atoms with Gasteiger partial charge in [-0.1, -0.05) is 62.3 Å². The number of hydrogen-bond acceptors (Lipinski definition) is 7. The molecule has 0 aromatic rings. The van der Waals surface area contributed by atoms with Crippen LogP contribution in [0.15, 0.2) is 0 Å². The van der Waals surface area contributed by atoms with Gasteiger partial charge in [-0.2, -0.15) is 0 Å². The van der Waals surface area contributed by atoms with E-state index in [0.717, 1.165) is 0 Å². The summed E-state index contributed by atoms with van der Waals surface area (Å²) in [7, 11) is -6.51. The summed E-state index contributed by atoms with van der Waals surface area (Å²) in [6.07, 6.45) is -1.50. The van der Waals surface area contributed by atoms with Gasteiger partial charge in [-0.05, 0) is 54.4 Å². The van der Waals surface area contributed by atoms with Crippen molar-refractivity contribution in [2.24, 2.45) is 0 Å². The number of aliphatic hydroxyl groups excluding tert-OH is 1. The minimum Gasteiger partial charge on any atom is -0.393 e. The fourth-order valence-corrected chi connectivity index (χ4v) is 3.24. The lowest BCUT2D eigenvalue weighted by molar-refractivity contribution is -0.362. The Balaban J connectivity index is 5.45. The molecule has 194 valence electrons. The van der Waals surface area contributed by atoms with Crippen molar-refractivity contribution >= 4 is 25.0 Å². The molecular formula is C22H52O7Si3. The second kappa shape index (κ2) is 11.4. The Morgan fingerprint density at radius 2 is 0.875 bits per heavy atom. The van der Waals surface area contributed by atoms with E-state index in [1.54, 1.807) is 0 Å². The lowest BCUT2D eigenvalue weighted by Gasteiger charge is -2.38. The lowest BCUT2D eigenvalue weighted by Crippen LogP contribution is -2.48. The van der Waals surface area contributed by atoms with Crippen LogP contribution in [0, 0.1) is 0 Å². The highest BCUT2D eigenvalue weighted by atomic mass is 28.4. The first-order chi connectivity index (χ1) is 14.0. The van der Waals surface area contributed by atoms with Crippen LogP contribution >= 0.6 is 0 Å². The topological polar surface area (TPSA) is 75.6 Å². The van der Waals surface area contributed by atoms with Gasteiger partial charge in [0.05, 0.1) is 6.61 Å². The van der Waals surface area contributed by atoms with Gasteiger partial charge in [0, 0.05) is 0 Å². The molecule has 0 spiro atoms. The summed E-state index contributed by atoms with van der Waals surface area (Å²) in [5.41, 5.74) is 0. The Bertz CT molecular complexity index is 561. The van der Waals surface area contributed by atoms with Crippen LogP contribution < -0.4 is 0 Å². The molecule has 0 fully saturated rings. The van der Waals surface area contributed by atoms with E-state index in [-0.39, 0.29) is 28.3 Å². The van der Waals surface area contributed by atoms with Crippen molar-refractivity contribution in [1.29, 1.82) is 0 Å². The molecule has 0 radical (unpaired) electrons. The Hall–Kier alpha value is 0.371. The molecule has 2 atom stereocenters. The van der Waals surface area contributed by atoms with Gasteiger partial charge < -0.3 is 5.11 Å². The molecule has 7 nitrogen and oxygen atoms in total. The predicted octanol–water partition coefficient (Wildman–Crippen LogP) is 6.58. The molecule has 0 aliphatic rings. The number of rotatable bonds is 12. The summed E-state index contributed by atoms with van der Waals surface area (Å²) in [6, 6.07) is 0. The monoisotopic (exact) mass is 512 g/mol. The molecule has 32 heavy (non-hydrogen) atoms. The standard InChI is InChI=1S/C22H52O7Si3/c1-20(2,3)30(10,11)27-24-17-19(26-29-32(14,15)22(7,8)9)18(16-23)25-28-31(12,13)21(4,5)6/h18-19,23H,16-17H2,1-15H3/t18-,19-/m0/s1. The molecule has 0 rings (SSSR count). The summed E-state index contributed by atoms with van der Waals surface area (Å²) in [5.74, 6) is 0. The van der Waals surface area contributed by atoms with Crippen LogP contribution in [0.1, 0.15) is 62.3 Å². The van der Waals surface area contributed by atoms with Crippen molar-refractivity contribution in [1.82, 2.24) is 0 Å². The zero-order valence-corrected chi connectivity index (χ0v) is 26.5. The SMILES string of the molecule is CC(C)(C)[Si](C)(C)OOC[C@H](OO[Si](C)(C)C(C)(C)C)[C@H](CO)OO[Si](C)(C)C(C)(C)C. The maximum absolute atomic E-state index is 10.1. The Morgan fingerprint density at radius 3 is 1.19 bits per heavy atom. The first-order valence-electron chi connectivity index (χ1n) is 11.6. The minimum absolute atomic E-state index is 0.000678. The molecule has 10 heteroatoms. The zero-order chi connectivity index (χ0) is 25.8. The van der Waals surface area contributed by atoms with Gasteiger partial charge >= 0.3 is 0 Å². The third-order valence-electron chi connectivity index (χ3n) is 7.27. The van der Waals surface area contributed by atoms with Crippen molar-refractivity contribution in [2.45, 2.75) is 129 Å². The van der Waals surface area contributed by atoms with Gasteiger partial charge in [0.15, 0.2) is 0 Å². The fraction of sp³-hybridized carbons (Fsp3) is 1.00. The number of hydrogen-bond donors (Lipinski definition) is 1. The van der Waals surface area contributed by atoms with E-state index in [1.165, 1.54) is 0 Å². The minimum atomic E-state index is -2.20. The largest absolute Gasteiger partial charge is 0.393 e. The molecule has 0 saturated carbocycles. The van der Waals surface area contributed by atoms with Crippen LogP contribution in [0.3, 0.4) is 0 Å².